The average Bonchev–Trinajstić information content (AvgIpc) is 3.08. The lowest BCUT2D eigenvalue weighted by molar-refractivity contribution is -0.122. The van der Waals surface area contributed by atoms with Gasteiger partial charge in [0.05, 0.1) is 14.2 Å². The molecule has 2 aromatic carbocycles. The number of carbonyl (C=O) groups excluding carboxylic acids is 1. The Morgan fingerprint density at radius 1 is 1.07 bits per heavy atom. The Bertz CT molecular complexity index is 959. The van der Waals surface area contributed by atoms with E-state index in [1.807, 2.05) is 36.5 Å². The number of nitrogens with one attached hydrogen (secondary N) is 2. The zero-order valence-corrected chi connectivity index (χ0v) is 17.0. The van der Waals surface area contributed by atoms with Gasteiger partial charge in [-0.1, -0.05) is 24.3 Å². The minimum atomic E-state index is -0.334. The van der Waals surface area contributed by atoms with E-state index in [1.54, 1.807) is 14.2 Å². The Hall–Kier alpha value is -2.95. The lowest BCUT2D eigenvalue weighted by atomic mass is 9.94. The highest BCUT2D eigenvalue weighted by Crippen LogP contribution is 2.28. The van der Waals surface area contributed by atoms with Gasteiger partial charge in [0, 0.05) is 29.1 Å². The first-order valence-corrected chi connectivity index (χ1v) is 9.49. The normalized spacial score (nSPS) is 11.4. The van der Waals surface area contributed by atoms with E-state index >= 15 is 0 Å². The van der Waals surface area contributed by atoms with Gasteiger partial charge in [-0.3, -0.25) is 4.79 Å². The van der Waals surface area contributed by atoms with Crippen LogP contribution in [-0.2, 0) is 17.6 Å². The Kier molecular flexibility index (Phi) is 5.93. The van der Waals surface area contributed by atoms with Crippen molar-refractivity contribution in [1.82, 2.24) is 10.3 Å². The number of benzene rings is 2. The number of aromatic nitrogens is 1. The van der Waals surface area contributed by atoms with Crippen LogP contribution >= 0.6 is 0 Å². The summed E-state index contributed by atoms with van der Waals surface area (Å²) in [4.78, 5) is 15.8. The van der Waals surface area contributed by atoms with E-state index in [4.69, 9.17) is 9.47 Å². The summed E-state index contributed by atoms with van der Waals surface area (Å²) in [6.07, 6.45) is 3.86. The fourth-order valence-corrected chi connectivity index (χ4v) is 3.53. The van der Waals surface area contributed by atoms with Crippen LogP contribution in [0.3, 0.4) is 0 Å². The number of carbonyl (C=O) groups is 1. The molecule has 0 fully saturated rings. The molecule has 1 amide bonds. The summed E-state index contributed by atoms with van der Waals surface area (Å²) in [7, 11) is 3.22. The Morgan fingerprint density at radius 2 is 1.82 bits per heavy atom. The standard InChI is InChI=1S/C23H28N2O3/c1-23(2,14-17-15-24-19-8-6-5-7-18(17)19)25-22(26)12-10-16-9-11-20(27-3)21(13-16)28-4/h5-9,11,13,15,24H,10,12,14H2,1-4H3,(H,25,26). The molecule has 3 aromatic rings. The maximum atomic E-state index is 12.5. The van der Waals surface area contributed by atoms with Crippen molar-refractivity contribution >= 4 is 16.8 Å². The van der Waals surface area contributed by atoms with E-state index in [1.165, 1.54) is 10.9 Å². The molecule has 0 spiro atoms. The smallest absolute Gasteiger partial charge is 0.220 e. The maximum Gasteiger partial charge on any atom is 0.220 e. The van der Waals surface area contributed by atoms with Gasteiger partial charge in [-0.2, -0.15) is 0 Å². The molecule has 0 aliphatic heterocycles. The summed E-state index contributed by atoms with van der Waals surface area (Å²) >= 11 is 0. The molecular weight excluding hydrogens is 352 g/mol. The highest BCUT2D eigenvalue weighted by Gasteiger charge is 2.22. The van der Waals surface area contributed by atoms with Gasteiger partial charge < -0.3 is 19.8 Å². The van der Waals surface area contributed by atoms with Crippen LogP contribution < -0.4 is 14.8 Å². The first kappa shape index (κ1) is 19.8. The zero-order valence-electron chi connectivity index (χ0n) is 17.0. The van der Waals surface area contributed by atoms with Crippen molar-refractivity contribution < 1.29 is 14.3 Å². The van der Waals surface area contributed by atoms with Crippen LogP contribution in [0, 0.1) is 0 Å². The number of fused-ring (bicyclic) bond motifs is 1. The topological polar surface area (TPSA) is 63.3 Å². The van der Waals surface area contributed by atoms with Crippen molar-refractivity contribution in [3.8, 4) is 11.5 Å². The molecule has 0 saturated heterocycles. The molecule has 5 nitrogen and oxygen atoms in total. The second-order valence-corrected chi connectivity index (χ2v) is 7.66. The molecule has 5 heteroatoms. The molecule has 148 valence electrons. The van der Waals surface area contributed by atoms with Gasteiger partial charge >= 0.3 is 0 Å². The van der Waals surface area contributed by atoms with Crippen LogP contribution in [0.2, 0.25) is 0 Å². The molecule has 0 bridgehead atoms. The number of aromatic amines is 1. The van der Waals surface area contributed by atoms with E-state index in [9.17, 15) is 4.79 Å². The fourth-order valence-electron chi connectivity index (χ4n) is 3.53. The third kappa shape index (κ3) is 4.66. The Balaban J connectivity index is 1.59. The van der Waals surface area contributed by atoms with Crippen molar-refractivity contribution in [2.24, 2.45) is 0 Å². The first-order chi connectivity index (χ1) is 13.4. The monoisotopic (exact) mass is 380 g/mol. The second-order valence-electron chi connectivity index (χ2n) is 7.66. The lowest BCUT2D eigenvalue weighted by Gasteiger charge is -2.26. The molecule has 2 N–H and O–H groups in total. The van der Waals surface area contributed by atoms with Gasteiger partial charge in [-0.25, -0.2) is 0 Å². The quantitative estimate of drug-likeness (QED) is 0.614. The molecule has 0 aliphatic carbocycles. The number of hydrogen-bond acceptors (Lipinski definition) is 3. The van der Waals surface area contributed by atoms with Gasteiger partial charge in [0.1, 0.15) is 0 Å². The largest absolute Gasteiger partial charge is 0.493 e. The number of amides is 1. The predicted molar refractivity (Wildman–Crippen MR) is 112 cm³/mol. The third-order valence-corrected chi connectivity index (χ3v) is 4.87. The molecule has 3 rings (SSSR count). The second kappa shape index (κ2) is 8.38. The van der Waals surface area contributed by atoms with E-state index in [0.29, 0.717) is 24.3 Å². The van der Waals surface area contributed by atoms with Crippen molar-refractivity contribution in [3.05, 3.63) is 59.8 Å². The Morgan fingerprint density at radius 3 is 2.57 bits per heavy atom. The summed E-state index contributed by atoms with van der Waals surface area (Å²) < 4.78 is 10.6. The molecule has 0 radical (unpaired) electrons. The highest BCUT2D eigenvalue weighted by atomic mass is 16.5. The SMILES string of the molecule is COc1ccc(CCC(=O)NC(C)(C)Cc2c[nH]c3ccccc23)cc1OC. The van der Waals surface area contributed by atoms with E-state index < -0.39 is 0 Å². The molecule has 0 aliphatic rings. The van der Waals surface area contributed by atoms with Crippen LogP contribution in [0.5, 0.6) is 11.5 Å². The number of aryl methyl sites for hydroxylation is 1. The van der Waals surface area contributed by atoms with Crippen molar-refractivity contribution in [2.45, 2.75) is 38.6 Å². The molecular formula is C23H28N2O3. The molecule has 28 heavy (non-hydrogen) atoms. The van der Waals surface area contributed by atoms with Crippen LogP contribution in [-0.4, -0.2) is 30.6 Å². The molecule has 0 unspecified atom stereocenters. The molecule has 1 aromatic heterocycles. The summed E-state index contributed by atoms with van der Waals surface area (Å²) in [6.45, 7) is 4.12. The minimum Gasteiger partial charge on any atom is -0.493 e. The number of ether oxygens (including phenoxy) is 2. The van der Waals surface area contributed by atoms with Crippen LogP contribution in [0.1, 0.15) is 31.4 Å². The van der Waals surface area contributed by atoms with Crippen molar-refractivity contribution in [2.75, 3.05) is 14.2 Å². The summed E-state index contributed by atoms with van der Waals surface area (Å²) in [5.41, 5.74) is 3.04. The number of rotatable bonds is 8. The molecule has 0 saturated carbocycles. The lowest BCUT2D eigenvalue weighted by Crippen LogP contribution is -2.45. The fraction of sp³-hybridized carbons (Fsp3) is 0.348. The van der Waals surface area contributed by atoms with Crippen LogP contribution in [0.25, 0.3) is 10.9 Å². The van der Waals surface area contributed by atoms with Crippen molar-refractivity contribution in [1.29, 1.82) is 0 Å². The zero-order chi connectivity index (χ0) is 20.1. The van der Waals surface area contributed by atoms with E-state index in [0.717, 1.165) is 17.5 Å². The molecule has 1 heterocycles. The summed E-state index contributed by atoms with van der Waals surface area (Å²) in [5.74, 6) is 1.41. The van der Waals surface area contributed by atoms with Gasteiger partial charge in [0.25, 0.3) is 0 Å². The highest BCUT2D eigenvalue weighted by molar-refractivity contribution is 5.83. The number of hydrogen-bond donors (Lipinski definition) is 2. The van der Waals surface area contributed by atoms with Gasteiger partial charge in [0.2, 0.25) is 5.91 Å². The maximum absolute atomic E-state index is 12.5. The third-order valence-electron chi connectivity index (χ3n) is 4.87. The van der Waals surface area contributed by atoms with Gasteiger partial charge in [0.15, 0.2) is 11.5 Å². The Labute approximate surface area is 166 Å². The number of methoxy groups -OCH3 is 2. The predicted octanol–water partition coefficient (Wildman–Crippen LogP) is 4.26. The number of para-hydroxylation sites is 1. The van der Waals surface area contributed by atoms with Crippen molar-refractivity contribution in [3.63, 3.8) is 0 Å². The minimum absolute atomic E-state index is 0.0413. The molecule has 0 atom stereocenters. The van der Waals surface area contributed by atoms with E-state index in [-0.39, 0.29) is 11.4 Å². The van der Waals surface area contributed by atoms with Gasteiger partial charge in [-0.15, -0.1) is 0 Å². The number of H-pyrrole nitrogens is 1. The van der Waals surface area contributed by atoms with Crippen LogP contribution in [0.15, 0.2) is 48.7 Å². The van der Waals surface area contributed by atoms with Gasteiger partial charge in [-0.05, 0) is 56.0 Å². The average molecular weight is 380 g/mol. The summed E-state index contributed by atoms with van der Waals surface area (Å²) in [5, 5.41) is 4.38. The van der Waals surface area contributed by atoms with Crippen LogP contribution in [0.4, 0.5) is 0 Å². The first-order valence-electron chi connectivity index (χ1n) is 9.49. The summed E-state index contributed by atoms with van der Waals surface area (Å²) in [6, 6.07) is 14.0. The van der Waals surface area contributed by atoms with E-state index in [2.05, 4.69) is 36.3 Å².